The van der Waals surface area contributed by atoms with E-state index in [9.17, 15) is 8.42 Å². The van der Waals surface area contributed by atoms with Crippen molar-refractivity contribution < 1.29 is 22.6 Å². The van der Waals surface area contributed by atoms with Crippen LogP contribution in [0.15, 0.2) is 52.7 Å². The van der Waals surface area contributed by atoms with E-state index in [1.807, 2.05) is 35.7 Å². The lowest BCUT2D eigenvalue weighted by atomic mass is 10.1. The minimum Gasteiger partial charge on any atom is -0.493 e. The lowest BCUT2D eigenvalue weighted by Crippen LogP contribution is -2.40. The molecular weight excluding hydrogens is 436 g/mol. The summed E-state index contributed by atoms with van der Waals surface area (Å²) in [4.78, 5) is 5.02. The maximum atomic E-state index is 12.8. The molecule has 2 heterocycles. The van der Waals surface area contributed by atoms with Crippen LogP contribution in [0.5, 0.6) is 11.5 Å². The summed E-state index contributed by atoms with van der Waals surface area (Å²) in [6.07, 6.45) is 0.675. The second kappa shape index (κ2) is 9.35. The molecule has 1 fully saturated rings. The van der Waals surface area contributed by atoms with Crippen LogP contribution in [0.4, 0.5) is 0 Å². The van der Waals surface area contributed by atoms with Crippen molar-refractivity contribution in [2.45, 2.75) is 11.3 Å². The molecule has 0 N–H and O–H groups in total. The van der Waals surface area contributed by atoms with E-state index >= 15 is 0 Å². The molecular formula is C22H24N2O5S2. The molecule has 0 amide bonds. The highest BCUT2D eigenvalue weighted by Gasteiger charge is 2.26. The Morgan fingerprint density at radius 2 is 1.74 bits per heavy atom. The third-order valence-corrected chi connectivity index (χ3v) is 7.87. The van der Waals surface area contributed by atoms with Gasteiger partial charge >= 0.3 is 0 Å². The number of sulfonamides is 1. The van der Waals surface area contributed by atoms with Gasteiger partial charge in [0.25, 0.3) is 0 Å². The van der Waals surface area contributed by atoms with E-state index in [4.69, 9.17) is 19.2 Å². The smallest absolute Gasteiger partial charge is 0.243 e. The molecule has 7 nitrogen and oxygen atoms in total. The van der Waals surface area contributed by atoms with Crippen molar-refractivity contribution >= 4 is 21.4 Å². The number of thiazole rings is 1. The Labute approximate surface area is 186 Å². The molecule has 164 valence electrons. The second-order valence-corrected chi connectivity index (χ2v) is 9.91. The molecule has 0 radical (unpaired) electrons. The van der Waals surface area contributed by atoms with Gasteiger partial charge in [-0.15, -0.1) is 11.3 Å². The first kappa shape index (κ1) is 21.8. The Morgan fingerprint density at radius 1 is 1.03 bits per heavy atom. The fourth-order valence-corrected chi connectivity index (χ4v) is 5.67. The van der Waals surface area contributed by atoms with Crippen LogP contribution in [0.25, 0.3) is 11.3 Å². The Hall–Kier alpha value is -2.46. The minimum atomic E-state index is -3.50. The fraction of sp³-hybridized carbons (Fsp3) is 0.318. The van der Waals surface area contributed by atoms with Gasteiger partial charge < -0.3 is 14.2 Å². The Balaban J connectivity index is 1.49. The first-order chi connectivity index (χ1) is 15.0. The highest BCUT2D eigenvalue weighted by atomic mass is 32.2. The normalized spacial score (nSPS) is 15.0. The fourth-order valence-electron chi connectivity index (χ4n) is 3.42. The molecule has 1 aliphatic heterocycles. The maximum Gasteiger partial charge on any atom is 0.243 e. The number of ether oxygens (including phenoxy) is 3. The number of rotatable bonds is 7. The van der Waals surface area contributed by atoms with Gasteiger partial charge in [0.2, 0.25) is 10.0 Å². The van der Waals surface area contributed by atoms with E-state index in [1.165, 1.54) is 4.31 Å². The van der Waals surface area contributed by atoms with Gasteiger partial charge in [-0.3, -0.25) is 0 Å². The van der Waals surface area contributed by atoms with Crippen molar-refractivity contribution in [1.82, 2.24) is 9.29 Å². The molecule has 2 aromatic carbocycles. The van der Waals surface area contributed by atoms with Crippen LogP contribution in [0.2, 0.25) is 0 Å². The van der Waals surface area contributed by atoms with Crippen LogP contribution >= 0.6 is 11.3 Å². The van der Waals surface area contributed by atoms with Gasteiger partial charge in [0.05, 0.1) is 43.0 Å². The van der Waals surface area contributed by atoms with Gasteiger partial charge in [0.15, 0.2) is 11.5 Å². The zero-order valence-electron chi connectivity index (χ0n) is 17.4. The number of hydrogen-bond acceptors (Lipinski definition) is 7. The molecule has 0 saturated carbocycles. The number of hydrogen-bond donors (Lipinski definition) is 0. The van der Waals surface area contributed by atoms with Gasteiger partial charge in [-0.1, -0.05) is 18.2 Å². The van der Waals surface area contributed by atoms with E-state index in [0.717, 1.165) is 21.8 Å². The highest BCUT2D eigenvalue weighted by molar-refractivity contribution is 7.89. The summed E-state index contributed by atoms with van der Waals surface area (Å²) in [5.74, 6) is 1.38. The summed E-state index contributed by atoms with van der Waals surface area (Å²) >= 11 is 1.57. The van der Waals surface area contributed by atoms with Gasteiger partial charge in [0, 0.05) is 30.5 Å². The van der Waals surface area contributed by atoms with Crippen molar-refractivity contribution in [2.24, 2.45) is 0 Å². The number of aromatic nitrogens is 1. The van der Waals surface area contributed by atoms with Gasteiger partial charge in [-0.05, 0) is 29.8 Å². The Morgan fingerprint density at radius 3 is 2.42 bits per heavy atom. The lowest BCUT2D eigenvalue weighted by molar-refractivity contribution is 0.0730. The lowest BCUT2D eigenvalue weighted by Gasteiger charge is -2.26. The largest absolute Gasteiger partial charge is 0.493 e. The number of morpholine rings is 1. The standard InChI is InChI=1S/C22H24N2O5S2/c1-27-20-8-3-16(13-21(20)28-2)14-22-23-19(15-30-22)17-4-6-18(7-5-17)31(25,26)24-9-11-29-12-10-24/h3-8,13,15H,9-12,14H2,1-2H3. The number of nitrogens with zero attached hydrogens (tertiary/aromatic N) is 2. The monoisotopic (exact) mass is 460 g/mol. The summed E-state index contributed by atoms with van der Waals surface area (Å²) in [6, 6.07) is 12.7. The van der Waals surface area contributed by atoms with Gasteiger partial charge in [-0.25, -0.2) is 13.4 Å². The molecule has 1 saturated heterocycles. The number of methoxy groups -OCH3 is 2. The summed E-state index contributed by atoms with van der Waals surface area (Å²) in [7, 11) is -0.265. The highest BCUT2D eigenvalue weighted by Crippen LogP contribution is 2.30. The van der Waals surface area contributed by atoms with Gasteiger partial charge in [-0.2, -0.15) is 4.31 Å². The van der Waals surface area contributed by atoms with Gasteiger partial charge in [0.1, 0.15) is 0 Å². The van der Waals surface area contributed by atoms with Crippen molar-refractivity contribution in [2.75, 3.05) is 40.5 Å². The minimum absolute atomic E-state index is 0.291. The molecule has 1 aliphatic rings. The van der Waals surface area contributed by atoms with E-state index in [0.29, 0.717) is 49.1 Å². The Kier molecular flexibility index (Phi) is 6.57. The average molecular weight is 461 g/mol. The maximum absolute atomic E-state index is 12.8. The van der Waals surface area contributed by atoms with E-state index < -0.39 is 10.0 Å². The SMILES string of the molecule is COc1ccc(Cc2nc(-c3ccc(S(=O)(=O)N4CCOCC4)cc3)cs2)cc1OC. The quantitative estimate of drug-likeness (QED) is 0.538. The molecule has 4 rings (SSSR count). The predicted octanol–water partition coefficient (Wildman–Crippen LogP) is 3.44. The molecule has 1 aromatic heterocycles. The topological polar surface area (TPSA) is 78.0 Å². The van der Waals surface area contributed by atoms with Crippen LogP contribution in [0, 0.1) is 0 Å². The summed E-state index contributed by atoms with van der Waals surface area (Å²) in [6.45, 7) is 1.63. The Bertz CT molecular complexity index is 1140. The molecule has 0 atom stereocenters. The van der Waals surface area contributed by atoms with Crippen molar-refractivity contribution in [3.63, 3.8) is 0 Å². The van der Waals surface area contributed by atoms with Crippen LogP contribution in [-0.4, -0.2) is 58.2 Å². The van der Waals surface area contributed by atoms with Crippen molar-refractivity contribution in [3.8, 4) is 22.8 Å². The molecule has 0 spiro atoms. The zero-order chi connectivity index (χ0) is 21.8. The summed E-state index contributed by atoms with van der Waals surface area (Å²) in [5, 5.41) is 2.95. The first-order valence-electron chi connectivity index (χ1n) is 9.85. The molecule has 31 heavy (non-hydrogen) atoms. The predicted molar refractivity (Wildman–Crippen MR) is 119 cm³/mol. The molecule has 3 aromatic rings. The van der Waals surface area contributed by atoms with Crippen LogP contribution in [-0.2, 0) is 21.2 Å². The average Bonchev–Trinajstić information content (AvgIpc) is 3.28. The summed E-state index contributed by atoms with van der Waals surface area (Å²) < 4.78 is 42.9. The molecule has 9 heteroatoms. The van der Waals surface area contributed by atoms with Crippen molar-refractivity contribution in [1.29, 1.82) is 0 Å². The molecule has 0 bridgehead atoms. The van der Waals surface area contributed by atoms with E-state index in [2.05, 4.69) is 0 Å². The third-order valence-electron chi connectivity index (χ3n) is 5.11. The number of benzene rings is 2. The molecule has 0 unspecified atom stereocenters. The molecule has 0 aliphatic carbocycles. The third kappa shape index (κ3) is 4.74. The van der Waals surface area contributed by atoms with Crippen LogP contribution in [0.1, 0.15) is 10.6 Å². The summed E-state index contributed by atoms with van der Waals surface area (Å²) in [5.41, 5.74) is 2.79. The van der Waals surface area contributed by atoms with Crippen molar-refractivity contribution in [3.05, 3.63) is 58.4 Å². The van der Waals surface area contributed by atoms with Crippen LogP contribution < -0.4 is 9.47 Å². The van der Waals surface area contributed by atoms with E-state index in [-0.39, 0.29) is 0 Å². The first-order valence-corrected chi connectivity index (χ1v) is 12.2. The zero-order valence-corrected chi connectivity index (χ0v) is 19.0. The van der Waals surface area contributed by atoms with E-state index in [1.54, 1.807) is 37.7 Å². The second-order valence-electron chi connectivity index (χ2n) is 7.03. The van der Waals surface area contributed by atoms with Crippen LogP contribution in [0.3, 0.4) is 0 Å².